The highest BCUT2D eigenvalue weighted by atomic mass is 35.5. The van der Waals surface area contributed by atoms with Crippen LogP contribution in [-0.2, 0) is 0 Å². The van der Waals surface area contributed by atoms with Gasteiger partial charge in [0, 0.05) is 11.1 Å². The summed E-state index contributed by atoms with van der Waals surface area (Å²) in [6.45, 7) is 2.04. The van der Waals surface area contributed by atoms with Crippen LogP contribution in [-0.4, -0.2) is 0 Å². The van der Waals surface area contributed by atoms with Gasteiger partial charge in [-0.2, -0.15) is 16.6 Å². The van der Waals surface area contributed by atoms with E-state index in [1.165, 1.54) is 0 Å². The number of allylic oxidation sites excluding steroid dienone is 1. The van der Waals surface area contributed by atoms with Crippen molar-refractivity contribution in [3.63, 3.8) is 0 Å². The normalized spacial score (nSPS) is 12.1. The predicted octanol–water partition coefficient (Wildman–Crippen LogP) is 4.02. The third-order valence-electron chi connectivity index (χ3n) is 1.67. The minimum absolute atomic E-state index is 0.602. The molecule has 0 N–H and O–H groups in total. The lowest BCUT2D eigenvalue weighted by atomic mass is 10.1. The van der Waals surface area contributed by atoms with Gasteiger partial charge in [0.2, 0.25) is 0 Å². The summed E-state index contributed by atoms with van der Waals surface area (Å²) in [7, 11) is 0. The van der Waals surface area contributed by atoms with E-state index in [2.05, 4.69) is 6.07 Å². The van der Waals surface area contributed by atoms with E-state index in [1.54, 1.807) is 11.3 Å². The summed E-state index contributed by atoms with van der Waals surface area (Å²) in [5.41, 5.74) is 1.64. The molecule has 0 radical (unpaired) electrons. The van der Waals surface area contributed by atoms with Crippen LogP contribution in [0.4, 0.5) is 0 Å². The van der Waals surface area contributed by atoms with E-state index in [-0.39, 0.29) is 0 Å². The van der Waals surface area contributed by atoms with E-state index in [4.69, 9.17) is 16.9 Å². The molecule has 0 saturated heterocycles. The van der Waals surface area contributed by atoms with Crippen LogP contribution in [0.15, 0.2) is 22.4 Å². The van der Waals surface area contributed by atoms with Crippen molar-refractivity contribution in [2.24, 2.45) is 0 Å². The monoisotopic (exact) mass is 211 g/mol. The molecule has 13 heavy (non-hydrogen) atoms. The first-order chi connectivity index (χ1) is 6.29. The molecule has 1 heterocycles. The van der Waals surface area contributed by atoms with Crippen molar-refractivity contribution in [1.82, 2.24) is 0 Å². The van der Waals surface area contributed by atoms with Crippen LogP contribution in [0.25, 0.3) is 5.03 Å². The number of rotatable bonds is 3. The molecule has 0 saturated carbocycles. The van der Waals surface area contributed by atoms with Gasteiger partial charge in [0.1, 0.15) is 0 Å². The highest BCUT2D eigenvalue weighted by molar-refractivity contribution is 7.08. The van der Waals surface area contributed by atoms with Gasteiger partial charge >= 0.3 is 0 Å². The molecule has 0 aromatic carbocycles. The molecule has 1 rings (SSSR count). The Bertz CT molecular complexity index is 332. The molecule has 0 aliphatic heterocycles. The van der Waals surface area contributed by atoms with Gasteiger partial charge in [-0.1, -0.05) is 24.9 Å². The van der Waals surface area contributed by atoms with Crippen molar-refractivity contribution in [2.45, 2.75) is 19.8 Å². The molecule has 0 aliphatic rings. The lowest BCUT2D eigenvalue weighted by molar-refractivity contribution is 0.933. The SMILES string of the molecule is CCCC(C#N)=C(Cl)c1ccsc1. The zero-order valence-electron chi connectivity index (χ0n) is 7.38. The quantitative estimate of drug-likeness (QED) is 0.693. The lowest BCUT2D eigenvalue weighted by Gasteiger charge is -1.98. The van der Waals surface area contributed by atoms with Gasteiger partial charge in [0.15, 0.2) is 0 Å². The first kappa shape index (κ1) is 10.3. The summed E-state index contributed by atoms with van der Waals surface area (Å²) in [6.07, 6.45) is 1.70. The number of nitriles is 1. The minimum atomic E-state index is 0.602. The largest absolute Gasteiger partial charge is 0.193 e. The maximum absolute atomic E-state index is 8.84. The second-order valence-corrected chi connectivity index (χ2v) is 3.82. The summed E-state index contributed by atoms with van der Waals surface area (Å²) in [6, 6.07) is 4.07. The fourth-order valence-corrected chi connectivity index (χ4v) is 1.99. The van der Waals surface area contributed by atoms with Crippen LogP contribution in [0.3, 0.4) is 0 Å². The van der Waals surface area contributed by atoms with Crippen LogP contribution in [0.2, 0.25) is 0 Å². The Hall–Kier alpha value is -0.780. The molecule has 0 unspecified atom stereocenters. The third-order valence-corrected chi connectivity index (χ3v) is 2.80. The molecule has 0 amide bonds. The Balaban J connectivity index is 2.96. The second-order valence-electron chi connectivity index (χ2n) is 2.67. The third kappa shape index (κ3) is 2.58. The molecule has 0 atom stereocenters. The van der Waals surface area contributed by atoms with Crippen LogP contribution < -0.4 is 0 Å². The summed E-state index contributed by atoms with van der Waals surface area (Å²) in [5.74, 6) is 0. The smallest absolute Gasteiger partial charge is 0.0962 e. The first-order valence-corrected chi connectivity index (χ1v) is 5.43. The van der Waals surface area contributed by atoms with E-state index < -0.39 is 0 Å². The predicted molar refractivity (Wildman–Crippen MR) is 57.6 cm³/mol. The topological polar surface area (TPSA) is 23.8 Å². The van der Waals surface area contributed by atoms with Crippen molar-refractivity contribution < 1.29 is 0 Å². The molecule has 0 fully saturated rings. The van der Waals surface area contributed by atoms with Gasteiger partial charge in [-0.3, -0.25) is 0 Å². The van der Waals surface area contributed by atoms with Crippen LogP contribution in [0, 0.1) is 11.3 Å². The highest BCUT2D eigenvalue weighted by Crippen LogP contribution is 2.26. The number of nitrogens with zero attached hydrogens (tertiary/aromatic N) is 1. The molecule has 0 spiro atoms. The van der Waals surface area contributed by atoms with E-state index >= 15 is 0 Å². The highest BCUT2D eigenvalue weighted by Gasteiger charge is 2.05. The molecular weight excluding hydrogens is 202 g/mol. The average molecular weight is 212 g/mol. The van der Waals surface area contributed by atoms with Gasteiger partial charge in [-0.25, -0.2) is 0 Å². The van der Waals surface area contributed by atoms with E-state index in [1.807, 2.05) is 23.8 Å². The first-order valence-electron chi connectivity index (χ1n) is 4.11. The summed E-state index contributed by atoms with van der Waals surface area (Å²) >= 11 is 7.64. The molecular formula is C10H10ClNS. The van der Waals surface area contributed by atoms with E-state index in [0.717, 1.165) is 18.4 Å². The standard InChI is InChI=1S/C10H10ClNS/c1-2-3-8(6-12)10(11)9-4-5-13-7-9/h4-5,7H,2-3H2,1H3. The summed E-state index contributed by atoms with van der Waals surface area (Å²) in [5, 5.41) is 13.4. The van der Waals surface area contributed by atoms with Gasteiger partial charge in [-0.05, 0) is 23.2 Å². The molecule has 1 aromatic heterocycles. The molecule has 1 nitrogen and oxygen atoms in total. The van der Waals surface area contributed by atoms with Crippen molar-refractivity contribution in [3.8, 4) is 6.07 Å². The Morgan fingerprint density at radius 3 is 2.92 bits per heavy atom. The van der Waals surface area contributed by atoms with Crippen LogP contribution >= 0.6 is 22.9 Å². The van der Waals surface area contributed by atoms with Crippen LogP contribution in [0.1, 0.15) is 25.3 Å². The zero-order chi connectivity index (χ0) is 9.68. The van der Waals surface area contributed by atoms with Gasteiger partial charge < -0.3 is 0 Å². The van der Waals surface area contributed by atoms with E-state index in [0.29, 0.717) is 10.6 Å². The zero-order valence-corrected chi connectivity index (χ0v) is 8.95. The number of hydrogen-bond donors (Lipinski definition) is 0. The number of thiophene rings is 1. The van der Waals surface area contributed by atoms with Gasteiger partial charge in [0.25, 0.3) is 0 Å². The van der Waals surface area contributed by atoms with Gasteiger partial charge in [0.05, 0.1) is 11.1 Å². The molecule has 3 heteroatoms. The molecule has 68 valence electrons. The van der Waals surface area contributed by atoms with Gasteiger partial charge in [-0.15, -0.1) is 0 Å². The Morgan fingerprint density at radius 2 is 2.46 bits per heavy atom. The van der Waals surface area contributed by atoms with Crippen molar-refractivity contribution in [3.05, 3.63) is 28.0 Å². The summed E-state index contributed by atoms with van der Waals surface area (Å²) < 4.78 is 0. The molecule has 1 aromatic rings. The minimum Gasteiger partial charge on any atom is -0.193 e. The lowest BCUT2D eigenvalue weighted by Crippen LogP contribution is -1.82. The van der Waals surface area contributed by atoms with Crippen molar-refractivity contribution in [1.29, 1.82) is 5.26 Å². The van der Waals surface area contributed by atoms with Crippen molar-refractivity contribution in [2.75, 3.05) is 0 Å². The Morgan fingerprint density at radius 1 is 1.69 bits per heavy atom. The maximum Gasteiger partial charge on any atom is 0.0962 e. The number of hydrogen-bond acceptors (Lipinski definition) is 2. The Labute approximate surface area is 87.3 Å². The Kier molecular flexibility index (Phi) is 4.01. The average Bonchev–Trinajstić information content (AvgIpc) is 2.65. The fourth-order valence-electron chi connectivity index (χ4n) is 1.03. The van der Waals surface area contributed by atoms with Crippen molar-refractivity contribution >= 4 is 28.0 Å². The second kappa shape index (κ2) is 5.06. The summed E-state index contributed by atoms with van der Waals surface area (Å²) in [4.78, 5) is 0. The fraction of sp³-hybridized carbons (Fsp3) is 0.300. The van der Waals surface area contributed by atoms with Crippen LogP contribution in [0.5, 0.6) is 0 Å². The van der Waals surface area contributed by atoms with E-state index in [9.17, 15) is 0 Å². The molecule has 0 bridgehead atoms. The number of halogens is 1. The molecule has 0 aliphatic carbocycles. The maximum atomic E-state index is 8.84.